The lowest BCUT2D eigenvalue weighted by Gasteiger charge is -2.25. The number of nitrogens with one attached hydrogen (secondary N) is 1. The lowest BCUT2D eigenvalue weighted by atomic mass is 9.87. The highest BCUT2D eigenvalue weighted by Gasteiger charge is 2.31. The Morgan fingerprint density at radius 3 is 2.85 bits per heavy atom. The number of aryl methyl sites for hydroxylation is 1. The van der Waals surface area contributed by atoms with Crippen molar-refractivity contribution < 1.29 is 4.39 Å². The Hall–Kier alpha value is -1.36. The molecule has 0 fully saturated rings. The molecule has 2 aromatic rings. The molecular formula is C16H17FN2S. The number of benzene rings is 2. The summed E-state index contributed by atoms with van der Waals surface area (Å²) in [6.07, 6.45) is 0. The molecule has 1 heterocycles. The summed E-state index contributed by atoms with van der Waals surface area (Å²) in [5.74, 6) is 6.89. The van der Waals surface area contributed by atoms with E-state index < -0.39 is 0 Å². The molecule has 0 aliphatic carbocycles. The fraction of sp³-hybridized carbons (Fsp3) is 0.250. The molecule has 1 aliphatic rings. The SMILES string of the molecule is Cc1cc(F)ccc1C(NN)C1CSc2ccccc21. The molecule has 0 saturated carbocycles. The zero-order chi connectivity index (χ0) is 14.1. The number of hydrogen-bond acceptors (Lipinski definition) is 3. The fourth-order valence-electron chi connectivity index (χ4n) is 2.87. The standard InChI is InChI=1S/C16H17FN2S/c1-10-8-11(17)6-7-12(10)16(19-18)14-9-20-15-5-3-2-4-13(14)15/h2-8,14,16,19H,9,18H2,1H3. The van der Waals surface area contributed by atoms with Crippen LogP contribution in [0.15, 0.2) is 47.4 Å². The minimum Gasteiger partial charge on any atom is -0.271 e. The minimum absolute atomic E-state index is 0.00625. The van der Waals surface area contributed by atoms with Gasteiger partial charge in [0, 0.05) is 16.6 Å². The molecule has 3 N–H and O–H groups in total. The molecule has 1 aliphatic heterocycles. The second kappa shape index (κ2) is 5.56. The molecule has 0 saturated heterocycles. The maximum Gasteiger partial charge on any atom is 0.123 e. The topological polar surface area (TPSA) is 38.0 Å². The number of thioether (sulfide) groups is 1. The third-order valence-corrected chi connectivity index (χ3v) is 5.09. The van der Waals surface area contributed by atoms with E-state index in [9.17, 15) is 4.39 Å². The molecule has 20 heavy (non-hydrogen) atoms. The first-order valence-corrected chi connectivity index (χ1v) is 7.63. The van der Waals surface area contributed by atoms with E-state index in [1.807, 2.05) is 24.8 Å². The van der Waals surface area contributed by atoms with Crippen LogP contribution in [0.1, 0.15) is 28.7 Å². The average molecular weight is 288 g/mol. The third kappa shape index (κ3) is 2.35. The van der Waals surface area contributed by atoms with Crippen LogP contribution in [0.5, 0.6) is 0 Å². The fourth-order valence-corrected chi connectivity index (χ4v) is 4.17. The van der Waals surface area contributed by atoms with Gasteiger partial charge in [0.2, 0.25) is 0 Å². The number of hydrazine groups is 1. The lowest BCUT2D eigenvalue weighted by molar-refractivity contribution is 0.482. The number of hydrogen-bond donors (Lipinski definition) is 2. The van der Waals surface area contributed by atoms with Gasteiger partial charge in [-0.1, -0.05) is 24.3 Å². The largest absolute Gasteiger partial charge is 0.271 e. The van der Waals surface area contributed by atoms with Crippen molar-refractivity contribution in [1.29, 1.82) is 0 Å². The lowest BCUT2D eigenvalue weighted by Crippen LogP contribution is -2.33. The highest BCUT2D eigenvalue weighted by Crippen LogP contribution is 2.45. The Bertz CT molecular complexity index is 630. The highest BCUT2D eigenvalue weighted by atomic mass is 32.2. The summed E-state index contributed by atoms with van der Waals surface area (Å²) in [5, 5.41) is 0. The van der Waals surface area contributed by atoms with E-state index in [4.69, 9.17) is 5.84 Å². The van der Waals surface area contributed by atoms with E-state index in [0.29, 0.717) is 5.92 Å². The monoisotopic (exact) mass is 288 g/mol. The van der Waals surface area contributed by atoms with Crippen LogP contribution in [0.25, 0.3) is 0 Å². The Balaban J connectivity index is 1.99. The molecule has 2 aromatic carbocycles. The van der Waals surface area contributed by atoms with Crippen LogP contribution in [0.3, 0.4) is 0 Å². The third-order valence-electron chi connectivity index (χ3n) is 3.89. The second-order valence-corrected chi connectivity index (χ2v) is 6.16. The molecule has 104 valence electrons. The summed E-state index contributed by atoms with van der Waals surface area (Å²) in [6.45, 7) is 1.93. The van der Waals surface area contributed by atoms with Gasteiger partial charge in [0.15, 0.2) is 0 Å². The van der Waals surface area contributed by atoms with Crippen molar-refractivity contribution in [3.05, 3.63) is 65.0 Å². The molecule has 0 amide bonds. The molecule has 2 unspecified atom stereocenters. The Labute approximate surface area is 122 Å². The van der Waals surface area contributed by atoms with Crippen molar-refractivity contribution in [2.24, 2.45) is 5.84 Å². The van der Waals surface area contributed by atoms with Crippen molar-refractivity contribution in [3.63, 3.8) is 0 Å². The van der Waals surface area contributed by atoms with Gasteiger partial charge in [0.25, 0.3) is 0 Å². The van der Waals surface area contributed by atoms with Crippen molar-refractivity contribution in [2.45, 2.75) is 23.8 Å². The number of fused-ring (bicyclic) bond motifs is 1. The van der Waals surface area contributed by atoms with E-state index in [2.05, 4.69) is 29.7 Å². The Kier molecular flexibility index (Phi) is 3.78. The van der Waals surface area contributed by atoms with Gasteiger partial charge in [-0.3, -0.25) is 11.3 Å². The number of halogens is 1. The Morgan fingerprint density at radius 2 is 2.10 bits per heavy atom. The quantitative estimate of drug-likeness (QED) is 0.670. The predicted molar refractivity (Wildman–Crippen MR) is 81.1 cm³/mol. The first kappa shape index (κ1) is 13.6. The zero-order valence-electron chi connectivity index (χ0n) is 11.3. The molecule has 0 bridgehead atoms. The molecular weight excluding hydrogens is 271 g/mol. The zero-order valence-corrected chi connectivity index (χ0v) is 12.1. The summed E-state index contributed by atoms with van der Waals surface area (Å²) in [7, 11) is 0. The summed E-state index contributed by atoms with van der Waals surface area (Å²) in [6, 6.07) is 13.3. The molecule has 2 nitrogen and oxygen atoms in total. The summed E-state index contributed by atoms with van der Waals surface area (Å²) in [5.41, 5.74) is 6.25. The maximum atomic E-state index is 13.3. The van der Waals surface area contributed by atoms with Gasteiger partial charge in [-0.25, -0.2) is 4.39 Å². The van der Waals surface area contributed by atoms with Crippen LogP contribution in [-0.2, 0) is 0 Å². The minimum atomic E-state index is -0.205. The molecule has 2 atom stereocenters. The second-order valence-electron chi connectivity index (χ2n) is 5.10. The van der Waals surface area contributed by atoms with E-state index in [0.717, 1.165) is 16.9 Å². The molecule has 3 rings (SSSR count). The van der Waals surface area contributed by atoms with Gasteiger partial charge in [0.1, 0.15) is 5.82 Å². The van der Waals surface area contributed by atoms with Crippen molar-refractivity contribution in [1.82, 2.24) is 5.43 Å². The summed E-state index contributed by atoms with van der Waals surface area (Å²) < 4.78 is 13.3. The predicted octanol–water partition coefficient (Wildman–Crippen LogP) is 3.53. The van der Waals surface area contributed by atoms with Gasteiger partial charge in [-0.2, -0.15) is 0 Å². The number of nitrogens with two attached hydrogens (primary N) is 1. The van der Waals surface area contributed by atoms with Crippen LogP contribution < -0.4 is 11.3 Å². The van der Waals surface area contributed by atoms with E-state index in [1.54, 1.807) is 6.07 Å². The summed E-state index contributed by atoms with van der Waals surface area (Å²) >= 11 is 1.85. The normalized spacial score (nSPS) is 18.9. The van der Waals surface area contributed by atoms with E-state index in [-0.39, 0.29) is 11.9 Å². The van der Waals surface area contributed by atoms with Crippen molar-refractivity contribution in [2.75, 3.05) is 5.75 Å². The van der Waals surface area contributed by atoms with Gasteiger partial charge < -0.3 is 0 Å². The summed E-state index contributed by atoms with van der Waals surface area (Å²) in [4.78, 5) is 1.32. The van der Waals surface area contributed by atoms with Crippen molar-refractivity contribution >= 4 is 11.8 Å². The van der Waals surface area contributed by atoms with Crippen LogP contribution >= 0.6 is 11.8 Å². The Morgan fingerprint density at radius 1 is 1.30 bits per heavy atom. The van der Waals surface area contributed by atoms with Crippen LogP contribution in [-0.4, -0.2) is 5.75 Å². The van der Waals surface area contributed by atoms with Gasteiger partial charge >= 0.3 is 0 Å². The van der Waals surface area contributed by atoms with Crippen molar-refractivity contribution in [3.8, 4) is 0 Å². The smallest absolute Gasteiger partial charge is 0.123 e. The van der Waals surface area contributed by atoms with Crippen LogP contribution in [0, 0.1) is 12.7 Å². The molecule has 4 heteroatoms. The van der Waals surface area contributed by atoms with Gasteiger partial charge in [0.05, 0.1) is 6.04 Å². The van der Waals surface area contributed by atoms with E-state index in [1.165, 1.54) is 16.5 Å². The van der Waals surface area contributed by atoms with Crippen LogP contribution in [0.2, 0.25) is 0 Å². The highest BCUT2D eigenvalue weighted by molar-refractivity contribution is 7.99. The molecule has 0 aromatic heterocycles. The maximum absolute atomic E-state index is 13.3. The van der Waals surface area contributed by atoms with Gasteiger partial charge in [-0.05, 0) is 41.8 Å². The first-order chi connectivity index (χ1) is 9.70. The average Bonchev–Trinajstić information content (AvgIpc) is 2.86. The molecule has 0 radical (unpaired) electrons. The molecule has 0 spiro atoms. The van der Waals surface area contributed by atoms with E-state index >= 15 is 0 Å². The van der Waals surface area contributed by atoms with Gasteiger partial charge in [-0.15, -0.1) is 11.8 Å². The number of rotatable bonds is 3. The van der Waals surface area contributed by atoms with Crippen LogP contribution in [0.4, 0.5) is 4.39 Å². The first-order valence-electron chi connectivity index (χ1n) is 6.64.